The lowest BCUT2D eigenvalue weighted by Gasteiger charge is -2.38. The first-order chi connectivity index (χ1) is 8.53. The molecule has 0 aromatic heterocycles. The molecular weight excluding hydrogens is 232 g/mol. The average molecular weight is 258 g/mol. The molecule has 0 spiro atoms. The van der Waals surface area contributed by atoms with Gasteiger partial charge in [-0.3, -0.25) is 4.79 Å². The van der Waals surface area contributed by atoms with E-state index in [2.05, 4.69) is 5.32 Å². The van der Waals surface area contributed by atoms with Crippen molar-refractivity contribution in [2.75, 3.05) is 19.8 Å². The molecule has 1 heterocycles. The molecule has 2 atom stereocenters. The molecule has 1 aliphatic rings. The Balaban J connectivity index is 2.50. The van der Waals surface area contributed by atoms with Crippen LogP contribution in [0.1, 0.15) is 40.0 Å². The number of nitrogens with one attached hydrogen (secondary N) is 1. The zero-order chi connectivity index (χ0) is 13.6. The molecule has 18 heavy (non-hydrogen) atoms. The van der Waals surface area contributed by atoms with Gasteiger partial charge in [0.15, 0.2) is 0 Å². The van der Waals surface area contributed by atoms with Gasteiger partial charge >= 0.3 is 0 Å². The summed E-state index contributed by atoms with van der Waals surface area (Å²) < 4.78 is 11.2. The number of carbonyl (C=O) groups excluding carboxylic acids is 1. The molecule has 1 rings (SSSR count). The van der Waals surface area contributed by atoms with Crippen molar-refractivity contribution < 1.29 is 14.3 Å². The van der Waals surface area contributed by atoms with Crippen LogP contribution in [-0.4, -0.2) is 43.4 Å². The van der Waals surface area contributed by atoms with Crippen LogP contribution in [0.4, 0.5) is 0 Å². The van der Waals surface area contributed by atoms with E-state index in [1.165, 1.54) is 0 Å². The molecule has 0 aliphatic carbocycles. The van der Waals surface area contributed by atoms with Crippen LogP contribution in [0.15, 0.2) is 0 Å². The second-order valence-corrected chi connectivity index (χ2v) is 5.08. The smallest absolute Gasteiger partial charge is 0.249 e. The van der Waals surface area contributed by atoms with Gasteiger partial charge in [0.05, 0.1) is 5.60 Å². The lowest BCUT2D eigenvalue weighted by Crippen LogP contribution is -2.51. The van der Waals surface area contributed by atoms with Crippen molar-refractivity contribution in [3.8, 4) is 0 Å². The summed E-state index contributed by atoms with van der Waals surface area (Å²) in [6.07, 6.45) is 1.95. The van der Waals surface area contributed by atoms with E-state index in [1.807, 2.05) is 13.8 Å². The lowest BCUT2D eigenvalue weighted by atomic mass is 9.94. The minimum Gasteiger partial charge on any atom is -0.381 e. The number of hydrogen-bond acceptors (Lipinski definition) is 4. The third kappa shape index (κ3) is 4.23. The Morgan fingerprint density at radius 2 is 2.06 bits per heavy atom. The molecule has 0 bridgehead atoms. The van der Waals surface area contributed by atoms with E-state index in [0.717, 1.165) is 19.3 Å². The summed E-state index contributed by atoms with van der Waals surface area (Å²) in [7, 11) is 0. The average Bonchev–Trinajstić information content (AvgIpc) is 2.39. The molecule has 106 valence electrons. The fourth-order valence-electron chi connectivity index (χ4n) is 2.00. The Morgan fingerprint density at radius 1 is 1.44 bits per heavy atom. The van der Waals surface area contributed by atoms with Crippen LogP contribution in [0.25, 0.3) is 0 Å². The highest BCUT2D eigenvalue weighted by Crippen LogP contribution is 2.25. The zero-order valence-electron chi connectivity index (χ0n) is 11.7. The molecule has 5 nitrogen and oxygen atoms in total. The number of nitrogens with two attached hydrogens (primary N) is 1. The largest absolute Gasteiger partial charge is 0.381 e. The molecule has 3 N–H and O–H groups in total. The maximum absolute atomic E-state index is 11.9. The van der Waals surface area contributed by atoms with Gasteiger partial charge in [-0.2, -0.15) is 0 Å². The first-order valence-corrected chi connectivity index (χ1v) is 6.79. The fourth-order valence-corrected chi connectivity index (χ4v) is 2.00. The maximum atomic E-state index is 11.9. The molecule has 0 aromatic rings. The number of hydrogen-bond donors (Lipinski definition) is 2. The number of rotatable bonds is 6. The van der Waals surface area contributed by atoms with E-state index in [4.69, 9.17) is 15.2 Å². The summed E-state index contributed by atoms with van der Waals surface area (Å²) in [6.45, 7) is 7.53. The lowest BCUT2D eigenvalue weighted by molar-refractivity contribution is -0.158. The van der Waals surface area contributed by atoms with Crippen LogP contribution >= 0.6 is 0 Å². The fraction of sp³-hybridized carbons (Fsp3) is 0.923. The Kier molecular flexibility index (Phi) is 6.05. The van der Waals surface area contributed by atoms with Gasteiger partial charge in [-0.05, 0) is 20.3 Å². The van der Waals surface area contributed by atoms with Gasteiger partial charge in [-0.15, -0.1) is 0 Å². The van der Waals surface area contributed by atoms with Crippen molar-refractivity contribution >= 4 is 5.91 Å². The number of ether oxygens (including phenoxy) is 2. The van der Waals surface area contributed by atoms with Crippen LogP contribution in [0, 0.1) is 0 Å². The third-order valence-electron chi connectivity index (χ3n) is 3.57. The van der Waals surface area contributed by atoms with Gasteiger partial charge in [0.1, 0.15) is 6.10 Å². The minimum atomic E-state index is -0.472. The standard InChI is InChI=1S/C13H26N2O3/c1-4-10(2)15-12(16)11(3)18-13(9-14)5-7-17-8-6-13/h10-11H,4-9,14H2,1-3H3,(H,15,16). The Morgan fingerprint density at radius 3 is 2.56 bits per heavy atom. The molecule has 2 unspecified atom stereocenters. The van der Waals surface area contributed by atoms with Crippen LogP contribution in [0.5, 0.6) is 0 Å². The van der Waals surface area contributed by atoms with Gasteiger partial charge in [0.25, 0.3) is 0 Å². The van der Waals surface area contributed by atoms with Gasteiger partial charge in [-0.1, -0.05) is 6.92 Å². The van der Waals surface area contributed by atoms with Crippen molar-refractivity contribution in [3.63, 3.8) is 0 Å². The summed E-state index contributed by atoms with van der Waals surface area (Å²) >= 11 is 0. The van der Waals surface area contributed by atoms with E-state index in [1.54, 1.807) is 6.92 Å². The molecule has 1 fully saturated rings. The SMILES string of the molecule is CCC(C)NC(=O)C(C)OC1(CN)CCOCC1. The summed E-state index contributed by atoms with van der Waals surface area (Å²) in [5.41, 5.74) is 5.40. The van der Waals surface area contributed by atoms with Gasteiger partial charge in [0.2, 0.25) is 5.91 Å². The van der Waals surface area contributed by atoms with E-state index < -0.39 is 11.7 Å². The summed E-state index contributed by atoms with van der Waals surface area (Å²) in [4.78, 5) is 11.9. The second kappa shape index (κ2) is 7.07. The first-order valence-electron chi connectivity index (χ1n) is 6.79. The summed E-state index contributed by atoms with van der Waals surface area (Å²) in [5, 5.41) is 2.92. The quantitative estimate of drug-likeness (QED) is 0.739. The molecule has 0 saturated carbocycles. The zero-order valence-corrected chi connectivity index (χ0v) is 11.7. The number of amides is 1. The molecule has 5 heteroatoms. The predicted octanol–water partition coefficient (Wildman–Crippen LogP) is 0.814. The molecule has 0 aromatic carbocycles. The monoisotopic (exact) mass is 258 g/mol. The third-order valence-corrected chi connectivity index (χ3v) is 3.57. The van der Waals surface area contributed by atoms with Crippen molar-refractivity contribution in [1.29, 1.82) is 0 Å². The first kappa shape index (κ1) is 15.4. The van der Waals surface area contributed by atoms with E-state index in [0.29, 0.717) is 19.8 Å². The Labute approximate surface area is 109 Å². The summed E-state index contributed by atoms with van der Waals surface area (Å²) in [5.74, 6) is -0.0660. The van der Waals surface area contributed by atoms with Crippen molar-refractivity contribution in [2.24, 2.45) is 5.73 Å². The highest BCUT2D eigenvalue weighted by Gasteiger charge is 2.35. The van der Waals surface area contributed by atoms with E-state index >= 15 is 0 Å². The van der Waals surface area contributed by atoms with Gasteiger partial charge in [0, 0.05) is 38.6 Å². The highest BCUT2D eigenvalue weighted by atomic mass is 16.5. The molecule has 0 radical (unpaired) electrons. The molecule has 1 saturated heterocycles. The molecular formula is C13H26N2O3. The normalized spacial score (nSPS) is 22.2. The molecule has 1 aliphatic heterocycles. The van der Waals surface area contributed by atoms with Crippen LogP contribution < -0.4 is 11.1 Å². The van der Waals surface area contributed by atoms with E-state index in [-0.39, 0.29) is 11.9 Å². The molecule has 1 amide bonds. The number of carbonyl (C=O) groups is 1. The van der Waals surface area contributed by atoms with Crippen LogP contribution in [0.2, 0.25) is 0 Å². The summed E-state index contributed by atoms with van der Waals surface area (Å²) in [6, 6.07) is 0.173. The predicted molar refractivity (Wildman–Crippen MR) is 70.3 cm³/mol. The van der Waals surface area contributed by atoms with Crippen LogP contribution in [0.3, 0.4) is 0 Å². The highest BCUT2D eigenvalue weighted by molar-refractivity contribution is 5.80. The topological polar surface area (TPSA) is 73.6 Å². The van der Waals surface area contributed by atoms with Gasteiger partial charge < -0.3 is 20.5 Å². The van der Waals surface area contributed by atoms with Crippen molar-refractivity contribution in [2.45, 2.75) is 57.8 Å². The van der Waals surface area contributed by atoms with E-state index in [9.17, 15) is 4.79 Å². The maximum Gasteiger partial charge on any atom is 0.249 e. The van der Waals surface area contributed by atoms with Gasteiger partial charge in [-0.25, -0.2) is 0 Å². The second-order valence-electron chi connectivity index (χ2n) is 5.08. The Bertz CT molecular complexity index is 265. The minimum absolute atomic E-state index is 0.0660. The van der Waals surface area contributed by atoms with Crippen molar-refractivity contribution in [3.05, 3.63) is 0 Å². The van der Waals surface area contributed by atoms with Crippen molar-refractivity contribution in [1.82, 2.24) is 5.32 Å². The van der Waals surface area contributed by atoms with Crippen LogP contribution in [-0.2, 0) is 14.3 Å². The Hall–Kier alpha value is -0.650.